The first kappa shape index (κ1) is 19.3. The van der Waals surface area contributed by atoms with Gasteiger partial charge in [0.15, 0.2) is 5.96 Å². The molecule has 0 aromatic rings. The second kappa shape index (κ2) is 12.4. The number of guanidine groups is 1. The first-order chi connectivity index (χ1) is 7.61. The Morgan fingerprint density at radius 1 is 1.24 bits per heavy atom. The molecule has 0 aliphatic rings. The molecule has 0 aliphatic carbocycles. The molecule has 0 fully saturated rings. The molecule has 5 nitrogen and oxygen atoms in total. The summed E-state index contributed by atoms with van der Waals surface area (Å²) in [7, 11) is 9.62. The highest BCUT2D eigenvalue weighted by atomic mass is 127. The first-order valence-electron chi connectivity index (χ1n) is 5.67. The summed E-state index contributed by atoms with van der Waals surface area (Å²) in [6, 6.07) is 0. The Kier molecular flexibility index (Phi) is 14.0. The van der Waals surface area contributed by atoms with Crippen molar-refractivity contribution in [2.75, 3.05) is 61.5 Å². The van der Waals surface area contributed by atoms with Crippen molar-refractivity contribution in [1.82, 2.24) is 15.1 Å². The largest absolute Gasteiger partial charge is 0.385 e. The quantitative estimate of drug-likeness (QED) is 0.315. The van der Waals surface area contributed by atoms with Gasteiger partial charge in [-0.1, -0.05) is 0 Å². The number of hydrogen-bond donors (Lipinski definition) is 1. The Morgan fingerprint density at radius 3 is 2.35 bits per heavy atom. The normalized spacial score (nSPS) is 11.3. The van der Waals surface area contributed by atoms with Crippen LogP contribution < -0.4 is 5.32 Å². The molecular formula is C11H27IN4O. The van der Waals surface area contributed by atoms with E-state index >= 15 is 0 Å². The molecule has 0 unspecified atom stereocenters. The van der Waals surface area contributed by atoms with Crippen molar-refractivity contribution in [2.45, 2.75) is 6.42 Å². The van der Waals surface area contributed by atoms with Crippen LogP contribution >= 0.6 is 24.0 Å². The van der Waals surface area contributed by atoms with Crippen LogP contribution in [-0.4, -0.2) is 77.3 Å². The summed E-state index contributed by atoms with van der Waals surface area (Å²) in [6.07, 6.45) is 1.08. The third kappa shape index (κ3) is 10.8. The summed E-state index contributed by atoms with van der Waals surface area (Å²) in [4.78, 5) is 8.42. The second-order valence-electron chi connectivity index (χ2n) is 4.02. The molecular weight excluding hydrogens is 331 g/mol. The van der Waals surface area contributed by atoms with Crippen molar-refractivity contribution in [1.29, 1.82) is 0 Å². The summed E-state index contributed by atoms with van der Waals surface area (Å²) in [5.41, 5.74) is 0. The van der Waals surface area contributed by atoms with Gasteiger partial charge in [-0.3, -0.25) is 4.99 Å². The first-order valence-corrected chi connectivity index (χ1v) is 5.67. The Hall–Kier alpha value is -0.0800. The SMILES string of the molecule is CN=C(NCCN(C)CCCOC)N(C)C.I. The Morgan fingerprint density at radius 2 is 1.88 bits per heavy atom. The molecule has 104 valence electrons. The fourth-order valence-corrected chi connectivity index (χ4v) is 1.39. The molecule has 0 radical (unpaired) electrons. The second-order valence-corrected chi connectivity index (χ2v) is 4.02. The van der Waals surface area contributed by atoms with E-state index in [9.17, 15) is 0 Å². The third-order valence-corrected chi connectivity index (χ3v) is 2.30. The zero-order valence-electron chi connectivity index (χ0n) is 11.7. The minimum absolute atomic E-state index is 0. The van der Waals surface area contributed by atoms with E-state index in [0.29, 0.717) is 0 Å². The van der Waals surface area contributed by atoms with E-state index in [-0.39, 0.29) is 24.0 Å². The minimum atomic E-state index is 0. The number of rotatable bonds is 7. The predicted octanol–water partition coefficient (Wildman–Crippen LogP) is 0.710. The average molecular weight is 358 g/mol. The Labute approximate surface area is 123 Å². The summed E-state index contributed by atoms with van der Waals surface area (Å²) in [6.45, 7) is 3.82. The zero-order valence-corrected chi connectivity index (χ0v) is 14.0. The van der Waals surface area contributed by atoms with Crippen molar-refractivity contribution in [3.05, 3.63) is 0 Å². The molecule has 0 heterocycles. The Balaban J connectivity index is 0. The van der Waals surface area contributed by atoms with Gasteiger partial charge in [0, 0.05) is 54.5 Å². The molecule has 17 heavy (non-hydrogen) atoms. The smallest absolute Gasteiger partial charge is 0.193 e. The number of hydrogen-bond acceptors (Lipinski definition) is 3. The number of nitrogens with zero attached hydrogens (tertiary/aromatic N) is 3. The predicted molar refractivity (Wildman–Crippen MR) is 84.5 cm³/mol. The van der Waals surface area contributed by atoms with E-state index < -0.39 is 0 Å². The van der Waals surface area contributed by atoms with Crippen molar-refractivity contribution in [3.8, 4) is 0 Å². The molecule has 1 N–H and O–H groups in total. The van der Waals surface area contributed by atoms with Crippen LogP contribution in [0.25, 0.3) is 0 Å². The standard InChI is InChI=1S/C11H26N4O.HI/c1-12-11(14(2)3)13-7-9-15(4)8-6-10-16-5;/h6-10H2,1-5H3,(H,12,13);1H. The van der Waals surface area contributed by atoms with Gasteiger partial charge in [0.2, 0.25) is 0 Å². The van der Waals surface area contributed by atoms with Gasteiger partial charge in [-0.25, -0.2) is 0 Å². The number of likely N-dealkylation sites (N-methyl/N-ethyl adjacent to an activating group) is 1. The summed E-state index contributed by atoms with van der Waals surface area (Å²) < 4.78 is 5.02. The molecule has 0 aromatic heterocycles. The van der Waals surface area contributed by atoms with Crippen LogP contribution in [0.2, 0.25) is 0 Å². The van der Waals surface area contributed by atoms with E-state index in [1.54, 1.807) is 14.2 Å². The summed E-state index contributed by atoms with van der Waals surface area (Å²) in [5.74, 6) is 0.922. The molecule has 0 aromatic carbocycles. The number of halogens is 1. The van der Waals surface area contributed by atoms with E-state index in [4.69, 9.17) is 4.74 Å². The van der Waals surface area contributed by atoms with Gasteiger partial charge in [-0.2, -0.15) is 0 Å². The lowest BCUT2D eigenvalue weighted by Crippen LogP contribution is -2.40. The molecule has 6 heteroatoms. The molecule has 0 saturated carbocycles. The lowest BCUT2D eigenvalue weighted by molar-refractivity contribution is 0.180. The van der Waals surface area contributed by atoms with Crippen LogP contribution in [0.4, 0.5) is 0 Å². The van der Waals surface area contributed by atoms with Gasteiger partial charge in [-0.15, -0.1) is 24.0 Å². The topological polar surface area (TPSA) is 40.1 Å². The van der Waals surface area contributed by atoms with Crippen LogP contribution in [0, 0.1) is 0 Å². The molecule has 0 atom stereocenters. The van der Waals surface area contributed by atoms with E-state index in [0.717, 1.165) is 38.6 Å². The lowest BCUT2D eigenvalue weighted by Gasteiger charge is -2.20. The molecule has 0 aliphatic heterocycles. The van der Waals surface area contributed by atoms with Gasteiger partial charge in [0.05, 0.1) is 0 Å². The van der Waals surface area contributed by atoms with Crippen molar-refractivity contribution in [2.24, 2.45) is 4.99 Å². The fourth-order valence-electron chi connectivity index (χ4n) is 1.39. The number of aliphatic imine (C=N–C) groups is 1. The van der Waals surface area contributed by atoms with Crippen LogP contribution in [0.3, 0.4) is 0 Å². The van der Waals surface area contributed by atoms with E-state index in [1.165, 1.54) is 0 Å². The van der Waals surface area contributed by atoms with E-state index in [2.05, 4.69) is 22.3 Å². The number of ether oxygens (including phenoxy) is 1. The van der Waals surface area contributed by atoms with Gasteiger partial charge in [0.1, 0.15) is 0 Å². The van der Waals surface area contributed by atoms with Gasteiger partial charge >= 0.3 is 0 Å². The number of nitrogens with one attached hydrogen (secondary N) is 1. The number of methoxy groups -OCH3 is 1. The maximum atomic E-state index is 5.02. The maximum Gasteiger partial charge on any atom is 0.193 e. The monoisotopic (exact) mass is 358 g/mol. The zero-order chi connectivity index (χ0) is 12.4. The van der Waals surface area contributed by atoms with Crippen LogP contribution in [0.15, 0.2) is 4.99 Å². The van der Waals surface area contributed by atoms with Crippen LogP contribution in [0.5, 0.6) is 0 Å². The fraction of sp³-hybridized carbons (Fsp3) is 0.909. The third-order valence-electron chi connectivity index (χ3n) is 2.30. The van der Waals surface area contributed by atoms with Crippen molar-refractivity contribution >= 4 is 29.9 Å². The average Bonchev–Trinajstić information content (AvgIpc) is 2.24. The van der Waals surface area contributed by atoms with Gasteiger partial charge in [-0.05, 0) is 13.5 Å². The Bertz CT molecular complexity index is 200. The summed E-state index contributed by atoms with van der Waals surface area (Å²) in [5, 5.41) is 3.29. The lowest BCUT2D eigenvalue weighted by atomic mass is 10.4. The molecule has 0 rings (SSSR count). The van der Waals surface area contributed by atoms with E-state index in [1.807, 2.05) is 19.0 Å². The highest BCUT2D eigenvalue weighted by Crippen LogP contribution is 1.87. The van der Waals surface area contributed by atoms with Crippen LogP contribution in [0.1, 0.15) is 6.42 Å². The van der Waals surface area contributed by atoms with Crippen molar-refractivity contribution < 1.29 is 4.74 Å². The summed E-state index contributed by atoms with van der Waals surface area (Å²) >= 11 is 0. The van der Waals surface area contributed by atoms with Crippen molar-refractivity contribution in [3.63, 3.8) is 0 Å². The highest BCUT2D eigenvalue weighted by Gasteiger charge is 2.01. The molecule has 0 saturated heterocycles. The molecule has 0 spiro atoms. The molecule has 0 amide bonds. The minimum Gasteiger partial charge on any atom is -0.385 e. The maximum absolute atomic E-state index is 5.02. The van der Waals surface area contributed by atoms with Gasteiger partial charge in [0.25, 0.3) is 0 Å². The van der Waals surface area contributed by atoms with Gasteiger partial charge < -0.3 is 19.9 Å². The van der Waals surface area contributed by atoms with Crippen LogP contribution in [-0.2, 0) is 4.74 Å². The molecule has 0 bridgehead atoms. The highest BCUT2D eigenvalue weighted by molar-refractivity contribution is 14.0.